The minimum absolute atomic E-state index is 0.0320. The Morgan fingerprint density at radius 2 is 1.94 bits per heavy atom. The highest BCUT2D eigenvalue weighted by Crippen LogP contribution is 2.54. The lowest BCUT2D eigenvalue weighted by atomic mass is 9.74. The Labute approximate surface area is 93.2 Å². The standard InChI is InChI=1S/C14H10O2/c1-7(15)10-6-11-8-4-2-3-5-9(8)12(11)14-13(10)16-14/h2-6,13-14H,1H3. The van der Waals surface area contributed by atoms with E-state index >= 15 is 0 Å². The van der Waals surface area contributed by atoms with E-state index in [-0.39, 0.29) is 18.0 Å². The van der Waals surface area contributed by atoms with E-state index in [1.807, 2.05) is 18.2 Å². The summed E-state index contributed by atoms with van der Waals surface area (Å²) in [6, 6.07) is 8.30. The van der Waals surface area contributed by atoms with Gasteiger partial charge in [0.15, 0.2) is 5.78 Å². The van der Waals surface area contributed by atoms with E-state index in [1.165, 1.54) is 22.3 Å². The number of benzene rings is 1. The van der Waals surface area contributed by atoms with E-state index in [2.05, 4.69) is 12.1 Å². The topological polar surface area (TPSA) is 29.6 Å². The number of epoxide rings is 1. The number of hydrogen-bond donors (Lipinski definition) is 0. The van der Waals surface area contributed by atoms with E-state index in [1.54, 1.807) is 6.92 Å². The zero-order valence-corrected chi connectivity index (χ0v) is 8.86. The first kappa shape index (κ1) is 8.48. The van der Waals surface area contributed by atoms with Gasteiger partial charge in [0, 0.05) is 5.57 Å². The van der Waals surface area contributed by atoms with Crippen LogP contribution < -0.4 is 0 Å². The third kappa shape index (κ3) is 0.843. The van der Waals surface area contributed by atoms with Gasteiger partial charge in [0.1, 0.15) is 12.2 Å². The largest absolute Gasteiger partial charge is 0.359 e. The highest BCUT2D eigenvalue weighted by Gasteiger charge is 2.52. The van der Waals surface area contributed by atoms with Gasteiger partial charge in [0.2, 0.25) is 0 Å². The normalized spacial score (nSPS) is 28.4. The molecule has 2 nitrogen and oxygen atoms in total. The zero-order valence-electron chi connectivity index (χ0n) is 8.86. The second kappa shape index (κ2) is 2.53. The molecule has 2 unspecified atom stereocenters. The van der Waals surface area contributed by atoms with Crippen LogP contribution >= 0.6 is 0 Å². The van der Waals surface area contributed by atoms with Crippen molar-refractivity contribution in [3.05, 3.63) is 47.0 Å². The number of Topliss-reactive ketones (excluding diaryl/α,β-unsaturated/α-hetero) is 1. The summed E-state index contributed by atoms with van der Waals surface area (Å²) in [5.74, 6) is 0.128. The molecule has 0 saturated carbocycles. The molecular formula is C14H10O2. The second-order valence-electron chi connectivity index (χ2n) is 4.51. The summed E-state index contributed by atoms with van der Waals surface area (Å²) in [4.78, 5) is 11.5. The Morgan fingerprint density at radius 3 is 2.69 bits per heavy atom. The molecule has 0 amide bonds. The summed E-state index contributed by atoms with van der Waals surface area (Å²) in [6.07, 6.45) is 2.19. The van der Waals surface area contributed by atoms with Gasteiger partial charge in [0.05, 0.1) is 0 Å². The van der Waals surface area contributed by atoms with Crippen molar-refractivity contribution in [2.75, 3.05) is 0 Å². The molecule has 2 heteroatoms. The number of hydrogen-bond acceptors (Lipinski definition) is 2. The van der Waals surface area contributed by atoms with Crippen molar-refractivity contribution in [1.29, 1.82) is 0 Å². The molecule has 78 valence electrons. The second-order valence-corrected chi connectivity index (χ2v) is 4.51. The summed E-state index contributed by atoms with van der Waals surface area (Å²) < 4.78 is 5.60. The molecule has 0 radical (unpaired) electrons. The van der Waals surface area contributed by atoms with Crippen LogP contribution in [0.1, 0.15) is 18.1 Å². The molecule has 1 aromatic rings. The fraction of sp³-hybridized carbons (Fsp3) is 0.214. The average Bonchev–Trinajstić information content (AvgIpc) is 3.01. The molecule has 0 spiro atoms. The number of fused-ring (bicyclic) bond motifs is 5. The van der Waals surface area contributed by atoms with Crippen molar-refractivity contribution < 1.29 is 9.53 Å². The van der Waals surface area contributed by atoms with Crippen LogP contribution in [0.25, 0.3) is 11.1 Å². The SMILES string of the molecule is CC(=O)C1=CC2=C(c3ccccc32)C2OC12. The van der Waals surface area contributed by atoms with Crippen LogP contribution in [-0.2, 0) is 9.53 Å². The summed E-state index contributed by atoms with van der Waals surface area (Å²) in [5, 5.41) is 0. The Hall–Kier alpha value is -1.67. The lowest BCUT2D eigenvalue weighted by Crippen LogP contribution is -2.19. The molecule has 1 aromatic carbocycles. The third-order valence-electron chi connectivity index (χ3n) is 3.59. The van der Waals surface area contributed by atoms with Gasteiger partial charge in [-0.15, -0.1) is 0 Å². The highest BCUT2D eigenvalue weighted by atomic mass is 16.6. The van der Waals surface area contributed by atoms with Crippen molar-refractivity contribution in [2.45, 2.75) is 19.1 Å². The quantitative estimate of drug-likeness (QED) is 0.665. The molecule has 4 rings (SSSR count). The summed E-state index contributed by atoms with van der Waals surface area (Å²) in [7, 11) is 0. The first-order valence-corrected chi connectivity index (χ1v) is 5.49. The molecule has 1 saturated heterocycles. The summed E-state index contributed by atoms with van der Waals surface area (Å²) >= 11 is 0. The molecule has 1 aliphatic heterocycles. The fourth-order valence-corrected chi connectivity index (χ4v) is 2.75. The van der Waals surface area contributed by atoms with Crippen LogP contribution in [0, 0.1) is 0 Å². The van der Waals surface area contributed by atoms with Gasteiger partial charge in [-0.1, -0.05) is 24.3 Å². The van der Waals surface area contributed by atoms with Gasteiger partial charge in [0.25, 0.3) is 0 Å². The van der Waals surface area contributed by atoms with Crippen molar-refractivity contribution in [1.82, 2.24) is 0 Å². The van der Waals surface area contributed by atoms with Crippen molar-refractivity contribution >= 4 is 16.9 Å². The van der Waals surface area contributed by atoms with Crippen LogP contribution in [0.4, 0.5) is 0 Å². The van der Waals surface area contributed by atoms with Crippen LogP contribution in [0.15, 0.2) is 35.9 Å². The maximum absolute atomic E-state index is 11.5. The molecule has 3 aliphatic rings. The summed E-state index contributed by atoms with van der Waals surface area (Å²) in [6.45, 7) is 1.61. The molecule has 0 N–H and O–H groups in total. The maximum atomic E-state index is 11.5. The number of ether oxygens (including phenoxy) is 1. The van der Waals surface area contributed by atoms with Crippen LogP contribution in [-0.4, -0.2) is 18.0 Å². The fourth-order valence-electron chi connectivity index (χ4n) is 2.75. The van der Waals surface area contributed by atoms with Crippen molar-refractivity contribution in [3.8, 4) is 0 Å². The smallest absolute Gasteiger partial charge is 0.158 e. The monoisotopic (exact) mass is 210 g/mol. The number of allylic oxidation sites excluding steroid dienone is 2. The van der Waals surface area contributed by atoms with Gasteiger partial charge in [-0.05, 0) is 35.3 Å². The Balaban J connectivity index is 1.90. The maximum Gasteiger partial charge on any atom is 0.158 e. The van der Waals surface area contributed by atoms with Gasteiger partial charge < -0.3 is 4.74 Å². The molecule has 2 atom stereocenters. The highest BCUT2D eigenvalue weighted by molar-refractivity contribution is 6.15. The zero-order chi connectivity index (χ0) is 10.9. The minimum Gasteiger partial charge on any atom is -0.359 e. The Morgan fingerprint density at radius 1 is 1.19 bits per heavy atom. The number of rotatable bonds is 1. The van der Waals surface area contributed by atoms with Crippen molar-refractivity contribution in [3.63, 3.8) is 0 Å². The Kier molecular flexibility index (Phi) is 1.34. The van der Waals surface area contributed by atoms with Crippen LogP contribution in [0.3, 0.4) is 0 Å². The van der Waals surface area contributed by atoms with Gasteiger partial charge in [-0.3, -0.25) is 4.79 Å². The first-order valence-electron chi connectivity index (χ1n) is 5.49. The van der Waals surface area contributed by atoms with E-state index in [0.717, 1.165) is 5.57 Å². The van der Waals surface area contributed by atoms with Gasteiger partial charge in [-0.25, -0.2) is 0 Å². The first-order chi connectivity index (χ1) is 7.77. The number of carbonyl (C=O) groups excluding carboxylic acids is 1. The average molecular weight is 210 g/mol. The predicted molar refractivity (Wildman–Crippen MR) is 60.7 cm³/mol. The number of ketones is 1. The number of carbonyl (C=O) groups is 1. The molecule has 0 bridgehead atoms. The van der Waals surface area contributed by atoms with E-state index < -0.39 is 0 Å². The van der Waals surface area contributed by atoms with Gasteiger partial charge in [-0.2, -0.15) is 0 Å². The third-order valence-corrected chi connectivity index (χ3v) is 3.59. The molecule has 1 fully saturated rings. The molecule has 2 aliphatic carbocycles. The lowest BCUT2D eigenvalue weighted by Gasteiger charge is -2.27. The van der Waals surface area contributed by atoms with Gasteiger partial charge >= 0.3 is 0 Å². The lowest BCUT2D eigenvalue weighted by molar-refractivity contribution is -0.113. The molecule has 1 heterocycles. The molecule has 16 heavy (non-hydrogen) atoms. The van der Waals surface area contributed by atoms with E-state index in [9.17, 15) is 4.79 Å². The van der Waals surface area contributed by atoms with Crippen molar-refractivity contribution in [2.24, 2.45) is 0 Å². The predicted octanol–water partition coefficient (Wildman–Crippen LogP) is 2.21. The van der Waals surface area contributed by atoms with Crippen LogP contribution in [0.5, 0.6) is 0 Å². The minimum atomic E-state index is 0.0320. The Bertz CT molecular complexity index is 593. The molecule has 0 aromatic heterocycles. The van der Waals surface area contributed by atoms with E-state index in [0.29, 0.717) is 0 Å². The van der Waals surface area contributed by atoms with E-state index in [4.69, 9.17) is 4.74 Å². The molecular weight excluding hydrogens is 200 g/mol. The van der Waals surface area contributed by atoms with Crippen LogP contribution in [0.2, 0.25) is 0 Å². The summed E-state index contributed by atoms with van der Waals surface area (Å²) in [5.41, 5.74) is 5.89.